The van der Waals surface area contributed by atoms with E-state index < -0.39 is 0 Å². The first-order chi connectivity index (χ1) is 14.6. The van der Waals surface area contributed by atoms with Crippen molar-refractivity contribution in [3.05, 3.63) is 76.6 Å². The number of nitrogens with zero attached hydrogens (tertiary/aromatic N) is 5. The van der Waals surface area contributed by atoms with Crippen molar-refractivity contribution in [2.24, 2.45) is 0 Å². The van der Waals surface area contributed by atoms with Crippen molar-refractivity contribution in [1.82, 2.24) is 25.2 Å². The van der Waals surface area contributed by atoms with Crippen molar-refractivity contribution < 1.29 is 9.53 Å². The number of amides is 1. The number of thiazole rings is 1. The van der Waals surface area contributed by atoms with Crippen LogP contribution >= 0.6 is 11.3 Å². The van der Waals surface area contributed by atoms with Gasteiger partial charge in [-0.25, -0.2) is 4.98 Å². The monoisotopic (exact) mass is 420 g/mol. The first-order valence-corrected chi connectivity index (χ1v) is 10.1. The highest BCUT2D eigenvalue weighted by Gasteiger charge is 2.10. The van der Waals surface area contributed by atoms with Gasteiger partial charge in [0.25, 0.3) is 0 Å². The lowest BCUT2D eigenvalue weighted by atomic mass is 10.1. The van der Waals surface area contributed by atoms with Crippen molar-refractivity contribution in [3.63, 3.8) is 0 Å². The number of hydrogen-bond acceptors (Lipinski definition) is 7. The zero-order chi connectivity index (χ0) is 20.9. The molecule has 0 unspecified atom stereocenters. The van der Waals surface area contributed by atoms with Gasteiger partial charge in [-0.3, -0.25) is 4.79 Å². The van der Waals surface area contributed by atoms with Crippen LogP contribution in [0.5, 0.6) is 5.75 Å². The van der Waals surface area contributed by atoms with E-state index in [0.29, 0.717) is 11.0 Å². The van der Waals surface area contributed by atoms with E-state index in [1.165, 1.54) is 11.3 Å². The molecule has 1 amide bonds. The van der Waals surface area contributed by atoms with Crippen LogP contribution in [-0.2, 0) is 17.6 Å². The first kappa shape index (κ1) is 19.7. The first-order valence-electron chi connectivity index (χ1n) is 9.32. The highest BCUT2D eigenvalue weighted by Crippen LogP contribution is 2.22. The lowest BCUT2D eigenvalue weighted by molar-refractivity contribution is -0.115. The predicted molar refractivity (Wildman–Crippen MR) is 114 cm³/mol. The summed E-state index contributed by atoms with van der Waals surface area (Å²) in [6, 6.07) is 15.5. The lowest BCUT2D eigenvalue weighted by Crippen LogP contribution is -2.14. The van der Waals surface area contributed by atoms with Gasteiger partial charge >= 0.3 is 0 Å². The van der Waals surface area contributed by atoms with E-state index in [2.05, 4.69) is 25.8 Å². The molecule has 0 aliphatic heterocycles. The molecule has 2 aromatic carbocycles. The quantitative estimate of drug-likeness (QED) is 0.493. The van der Waals surface area contributed by atoms with Gasteiger partial charge in [-0.2, -0.15) is 4.68 Å². The van der Waals surface area contributed by atoms with Crippen molar-refractivity contribution in [2.75, 3.05) is 12.4 Å². The number of carbonyl (C=O) groups excluding carboxylic acids is 1. The summed E-state index contributed by atoms with van der Waals surface area (Å²) in [5.41, 5.74) is 2.91. The number of methoxy groups -OCH3 is 1. The molecule has 0 saturated heterocycles. The molecule has 4 aromatic rings. The summed E-state index contributed by atoms with van der Waals surface area (Å²) >= 11 is 1.48. The van der Waals surface area contributed by atoms with Crippen molar-refractivity contribution in [2.45, 2.75) is 19.8 Å². The van der Waals surface area contributed by atoms with Crippen LogP contribution < -0.4 is 10.1 Å². The SMILES string of the molecule is COc1ccc(Cc2cnc(NC(=O)Cc3ccc(-n4nnnc4C)cc3)s2)cc1. The molecule has 152 valence electrons. The van der Waals surface area contributed by atoms with Gasteiger partial charge in [0.2, 0.25) is 5.91 Å². The van der Waals surface area contributed by atoms with E-state index in [4.69, 9.17) is 4.74 Å². The molecule has 4 rings (SSSR count). The second kappa shape index (κ2) is 8.83. The standard InChI is InChI=1S/C21H20N6O2S/c1-14-24-25-26-27(14)17-7-3-16(4-8-17)12-20(28)23-21-22-13-19(30-21)11-15-5-9-18(29-2)10-6-15/h3-10,13H,11-12H2,1-2H3,(H,22,23,28). The number of aryl methyl sites for hydroxylation is 1. The molecule has 0 spiro atoms. The van der Waals surface area contributed by atoms with Crippen LogP contribution in [-0.4, -0.2) is 38.2 Å². The molecule has 0 aliphatic rings. The number of hydrogen-bond donors (Lipinski definition) is 1. The molecule has 0 atom stereocenters. The Labute approximate surface area is 177 Å². The van der Waals surface area contributed by atoms with Gasteiger partial charge in [0.05, 0.1) is 19.2 Å². The molecule has 0 saturated carbocycles. The highest BCUT2D eigenvalue weighted by molar-refractivity contribution is 7.15. The summed E-state index contributed by atoms with van der Waals surface area (Å²) in [5.74, 6) is 1.43. The Morgan fingerprint density at radius 2 is 1.83 bits per heavy atom. The largest absolute Gasteiger partial charge is 0.497 e. The molecule has 30 heavy (non-hydrogen) atoms. The Kier molecular flexibility index (Phi) is 5.80. The predicted octanol–water partition coefficient (Wildman–Crippen LogP) is 3.21. The molecule has 8 nitrogen and oxygen atoms in total. The molecule has 2 heterocycles. The third-order valence-electron chi connectivity index (χ3n) is 4.51. The number of ether oxygens (including phenoxy) is 1. The number of rotatable bonds is 7. The molecule has 9 heteroatoms. The van der Waals surface area contributed by atoms with Gasteiger partial charge in [0.15, 0.2) is 11.0 Å². The van der Waals surface area contributed by atoms with Crippen LogP contribution in [0.2, 0.25) is 0 Å². The molecule has 1 N–H and O–H groups in total. The number of benzene rings is 2. The fourth-order valence-corrected chi connectivity index (χ4v) is 3.83. The molecular formula is C21H20N6O2S. The average molecular weight is 420 g/mol. The van der Waals surface area contributed by atoms with Crippen LogP contribution in [0, 0.1) is 6.92 Å². The number of anilines is 1. The minimum atomic E-state index is -0.105. The van der Waals surface area contributed by atoms with Crippen LogP contribution in [0.25, 0.3) is 5.69 Å². The molecule has 0 aliphatic carbocycles. The minimum absolute atomic E-state index is 0.105. The average Bonchev–Trinajstić information content (AvgIpc) is 3.38. The van der Waals surface area contributed by atoms with E-state index >= 15 is 0 Å². The Bertz CT molecular complexity index is 1140. The van der Waals surface area contributed by atoms with E-state index in [1.807, 2.05) is 55.5 Å². The van der Waals surface area contributed by atoms with E-state index in [9.17, 15) is 4.79 Å². The second-order valence-corrected chi connectivity index (χ2v) is 7.80. The van der Waals surface area contributed by atoms with E-state index in [-0.39, 0.29) is 12.3 Å². The number of tetrazole rings is 1. The highest BCUT2D eigenvalue weighted by atomic mass is 32.1. The maximum Gasteiger partial charge on any atom is 0.230 e. The van der Waals surface area contributed by atoms with Crippen molar-refractivity contribution in [3.8, 4) is 11.4 Å². The maximum absolute atomic E-state index is 12.4. The third-order valence-corrected chi connectivity index (χ3v) is 5.42. The lowest BCUT2D eigenvalue weighted by Gasteiger charge is -2.05. The zero-order valence-corrected chi connectivity index (χ0v) is 17.4. The van der Waals surface area contributed by atoms with E-state index in [0.717, 1.165) is 33.9 Å². The Hall–Kier alpha value is -3.59. The number of nitrogens with one attached hydrogen (secondary N) is 1. The molecular weight excluding hydrogens is 400 g/mol. The zero-order valence-electron chi connectivity index (χ0n) is 16.6. The Balaban J connectivity index is 1.33. The Morgan fingerprint density at radius 3 is 2.50 bits per heavy atom. The fourth-order valence-electron chi connectivity index (χ4n) is 2.97. The van der Waals surface area contributed by atoms with Gasteiger partial charge in [-0.05, 0) is 52.7 Å². The normalized spacial score (nSPS) is 10.7. The van der Waals surface area contributed by atoms with Crippen LogP contribution in [0.4, 0.5) is 5.13 Å². The summed E-state index contributed by atoms with van der Waals surface area (Å²) in [7, 11) is 1.65. The molecule has 0 bridgehead atoms. The van der Waals surface area contributed by atoms with Gasteiger partial charge in [-0.1, -0.05) is 24.3 Å². The topological polar surface area (TPSA) is 94.8 Å². The summed E-state index contributed by atoms with van der Waals surface area (Å²) < 4.78 is 6.82. The third kappa shape index (κ3) is 4.69. The van der Waals surface area contributed by atoms with Crippen LogP contribution in [0.3, 0.4) is 0 Å². The van der Waals surface area contributed by atoms with Gasteiger partial charge in [0, 0.05) is 17.5 Å². The summed E-state index contributed by atoms with van der Waals surface area (Å²) in [5, 5.41) is 14.9. The fraction of sp³-hybridized carbons (Fsp3) is 0.190. The van der Waals surface area contributed by atoms with Crippen LogP contribution in [0.15, 0.2) is 54.7 Å². The van der Waals surface area contributed by atoms with Crippen LogP contribution in [0.1, 0.15) is 21.8 Å². The summed E-state index contributed by atoms with van der Waals surface area (Å²) in [4.78, 5) is 17.8. The van der Waals surface area contributed by atoms with Gasteiger partial charge in [-0.15, -0.1) is 16.4 Å². The molecule has 2 aromatic heterocycles. The number of aromatic nitrogens is 5. The summed E-state index contributed by atoms with van der Waals surface area (Å²) in [6.07, 6.45) is 2.83. The van der Waals surface area contributed by atoms with Crippen molar-refractivity contribution >= 4 is 22.4 Å². The van der Waals surface area contributed by atoms with Crippen molar-refractivity contribution in [1.29, 1.82) is 0 Å². The maximum atomic E-state index is 12.4. The minimum Gasteiger partial charge on any atom is -0.497 e. The molecule has 0 fully saturated rings. The Morgan fingerprint density at radius 1 is 1.10 bits per heavy atom. The second-order valence-electron chi connectivity index (χ2n) is 6.69. The van der Waals surface area contributed by atoms with Gasteiger partial charge < -0.3 is 10.1 Å². The van der Waals surface area contributed by atoms with E-state index in [1.54, 1.807) is 18.0 Å². The molecule has 0 radical (unpaired) electrons. The smallest absolute Gasteiger partial charge is 0.230 e. The van der Waals surface area contributed by atoms with Gasteiger partial charge in [0.1, 0.15) is 5.75 Å². The summed E-state index contributed by atoms with van der Waals surface area (Å²) in [6.45, 7) is 1.83. The number of carbonyl (C=O) groups is 1.